The minimum Gasteiger partial charge on any atom is -0.496 e. The van der Waals surface area contributed by atoms with Crippen molar-refractivity contribution < 1.29 is 14.3 Å². The van der Waals surface area contributed by atoms with Crippen LogP contribution >= 0.6 is 0 Å². The van der Waals surface area contributed by atoms with Crippen LogP contribution in [0.5, 0.6) is 5.75 Å². The van der Waals surface area contributed by atoms with Gasteiger partial charge in [0.05, 0.1) is 31.0 Å². The Morgan fingerprint density at radius 3 is 2.86 bits per heavy atom. The fourth-order valence-electron chi connectivity index (χ4n) is 2.10. The van der Waals surface area contributed by atoms with Gasteiger partial charge in [-0.15, -0.1) is 0 Å². The lowest BCUT2D eigenvalue weighted by Gasteiger charge is -2.15. The van der Waals surface area contributed by atoms with Crippen molar-refractivity contribution in [2.45, 2.75) is 13.0 Å². The summed E-state index contributed by atoms with van der Waals surface area (Å²) in [6.45, 7) is 2.32. The summed E-state index contributed by atoms with van der Waals surface area (Å²) in [5, 5.41) is 6.44. The van der Waals surface area contributed by atoms with E-state index in [4.69, 9.17) is 9.47 Å². The van der Waals surface area contributed by atoms with Gasteiger partial charge in [0.1, 0.15) is 5.75 Å². The molecule has 0 aliphatic rings. The van der Waals surface area contributed by atoms with Crippen LogP contribution in [0, 0.1) is 0 Å². The van der Waals surface area contributed by atoms with Crippen molar-refractivity contribution in [1.82, 2.24) is 10.3 Å². The van der Waals surface area contributed by atoms with E-state index in [9.17, 15) is 4.79 Å². The van der Waals surface area contributed by atoms with Crippen LogP contribution in [0.2, 0.25) is 0 Å². The number of urea groups is 1. The average Bonchev–Trinajstić information content (AvgIpc) is 2.47. The van der Waals surface area contributed by atoms with Crippen molar-refractivity contribution in [3.8, 4) is 5.75 Å². The predicted molar refractivity (Wildman–Crippen MR) is 81.8 cm³/mol. The lowest BCUT2D eigenvalue weighted by molar-refractivity contribution is 0.173. The molecule has 0 saturated carbocycles. The molecule has 6 heteroatoms. The Bertz CT molecular complexity index is 631. The van der Waals surface area contributed by atoms with Gasteiger partial charge in [0, 0.05) is 18.7 Å². The second kappa shape index (κ2) is 6.90. The monoisotopic (exact) mass is 289 g/mol. The molecule has 0 fully saturated rings. The van der Waals surface area contributed by atoms with Gasteiger partial charge in [-0.3, -0.25) is 4.98 Å². The number of pyridine rings is 1. The minimum atomic E-state index is -0.295. The number of amides is 2. The van der Waals surface area contributed by atoms with Gasteiger partial charge in [-0.1, -0.05) is 0 Å². The molecule has 1 atom stereocenters. The summed E-state index contributed by atoms with van der Waals surface area (Å²) >= 11 is 0. The quantitative estimate of drug-likeness (QED) is 0.886. The highest BCUT2D eigenvalue weighted by molar-refractivity contribution is 6.01. The van der Waals surface area contributed by atoms with Crippen molar-refractivity contribution in [2.75, 3.05) is 26.1 Å². The van der Waals surface area contributed by atoms with Gasteiger partial charge in [-0.2, -0.15) is 0 Å². The Kier molecular flexibility index (Phi) is 4.94. The highest BCUT2D eigenvalue weighted by atomic mass is 16.5. The lowest BCUT2D eigenvalue weighted by atomic mass is 10.1. The molecular weight excluding hydrogens is 270 g/mol. The van der Waals surface area contributed by atoms with E-state index in [-0.39, 0.29) is 12.1 Å². The molecule has 2 aromatic rings. The highest BCUT2D eigenvalue weighted by Gasteiger charge is 2.11. The summed E-state index contributed by atoms with van der Waals surface area (Å²) in [6, 6.07) is 6.93. The van der Waals surface area contributed by atoms with Crippen LogP contribution in [0.25, 0.3) is 10.9 Å². The maximum atomic E-state index is 12.0. The standard InChI is InChI=1S/C15H19N3O3/c1-10(9-20-2)17-15(19)18-12-6-7-13(21-3)11-5-4-8-16-14(11)12/h4-8,10H,9H2,1-3H3,(H2,17,18,19). The highest BCUT2D eigenvalue weighted by Crippen LogP contribution is 2.29. The molecule has 0 bridgehead atoms. The van der Waals surface area contributed by atoms with Crippen LogP contribution in [0.1, 0.15) is 6.92 Å². The van der Waals surface area contributed by atoms with E-state index in [0.29, 0.717) is 17.8 Å². The maximum absolute atomic E-state index is 12.0. The number of rotatable bonds is 5. The SMILES string of the molecule is COCC(C)NC(=O)Nc1ccc(OC)c2cccnc12. The van der Waals surface area contributed by atoms with Crippen LogP contribution < -0.4 is 15.4 Å². The zero-order valence-electron chi connectivity index (χ0n) is 12.3. The molecule has 1 aromatic heterocycles. The topological polar surface area (TPSA) is 72.5 Å². The number of hydrogen-bond donors (Lipinski definition) is 2. The van der Waals surface area contributed by atoms with Gasteiger partial charge in [0.2, 0.25) is 0 Å². The number of aromatic nitrogens is 1. The third-order valence-electron chi connectivity index (χ3n) is 2.99. The normalized spacial score (nSPS) is 12.0. The van der Waals surface area contributed by atoms with E-state index < -0.39 is 0 Å². The largest absolute Gasteiger partial charge is 0.496 e. The molecule has 0 spiro atoms. The third-order valence-corrected chi connectivity index (χ3v) is 2.99. The molecule has 2 N–H and O–H groups in total. The van der Waals surface area contributed by atoms with Crippen molar-refractivity contribution >= 4 is 22.6 Å². The Labute approximate surface area is 123 Å². The summed E-state index contributed by atoms with van der Waals surface area (Å²) < 4.78 is 10.3. The molecule has 0 saturated heterocycles. The number of anilines is 1. The van der Waals surface area contributed by atoms with Crippen molar-refractivity contribution in [3.63, 3.8) is 0 Å². The molecule has 112 valence electrons. The molecule has 1 unspecified atom stereocenters. The molecule has 1 heterocycles. The third kappa shape index (κ3) is 3.61. The summed E-state index contributed by atoms with van der Waals surface area (Å²) in [4.78, 5) is 16.3. The van der Waals surface area contributed by atoms with E-state index in [1.54, 1.807) is 32.5 Å². The van der Waals surface area contributed by atoms with Crippen molar-refractivity contribution in [3.05, 3.63) is 30.5 Å². The van der Waals surface area contributed by atoms with Gasteiger partial charge in [-0.05, 0) is 31.2 Å². The predicted octanol–water partition coefficient (Wildman–Crippen LogP) is 2.40. The summed E-state index contributed by atoms with van der Waals surface area (Å²) in [5.41, 5.74) is 1.32. The van der Waals surface area contributed by atoms with Crippen LogP contribution in [0.4, 0.5) is 10.5 Å². The second-order valence-electron chi connectivity index (χ2n) is 4.67. The number of methoxy groups -OCH3 is 2. The van der Waals surface area contributed by atoms with Gasteiger partial charge >= 0.3 is 6.03 Å². The number of ether oxygens (including phenoxy) is 2. The number of fused-ring (bicyclic) bond motifs is 1. The first-order valence-electron chi connectivity index (χ1n) is 6.64. The first kappa shape index (κ1) is 15.1. The maximum Gasteiger partial charge on any atom is 0.319 e. The summed E-state index contributed by atoms with van der Waals surface area (Å²) in [6.07, 6.45) is 1.68. The number of nitrogens with one attached hydrogen (secondary N) is 2. The zero-order chi connectivity index (χ0) is 15.2. The average molecular weight is 289 g/mol. The molecule has 2 amide bonds. The molecular formula is C15H19N3O3. The first-order valence-corrected chi connectivity index (χ1v) is 6.64. The molecule has 0 radical (unpaired) electrons. The fourth-order valence-corrected chi connectivity index (χ4v) is 2.10. The number of nitrogens with zero attached hydrogens (tertiary/aromatic N) is 1. The van der Waals surface area contributed by atoms with Gasteiger partial charge in [-0.25, -0.2) is 4.79 Å². The van der Waals surface area contributed by atoms with E-state index in [0.717, 1.165) is 11.1 Å². The van der Waals surface area contributed by atoms with Crippen LogP contribution in [0.15, 0.2) is 30.5 Å². The van der Waals surface area contributed by atoms with E-state index >= 15 is 0 Å². The first-order chi connectivity index (χ1) is 10.2. The van der Waals surface area contributed by atoms with Crippen molar-refractivity contribution in [2.24, 2.45) is 0 Å². The number of hydrogen-bond acceptors (Lipinski definition) is 4. The Balaban J connectivity index is 2.21. The van der Waals surface area contributed by atoms with Crippen LogP contribution in [-0.2, 0) is 4.74 Å². The fraction of sp³-hybridized carbons (Fsp3) is 0.333. The van der Waals surface area contributed by atoms with Crippen LogP contribution in [0.3, 0.4) is 0 Å². The Morgan fingerprint density at radius 2 is 2.14 bits per heavy atom. The molecule has 1 aromatic carbocycles. The molecule has 0 aliphatic carbocycles. The summed E-state index contributed by atoms with van der Waals surface area (Å²) in [5.74, 6) is 0.719. The van der Waals surface area contributed by atoms with Gasteiger partial charge in [0.25, 0.3) is 0 Å². The van der Waals surface area contributed by atoms with Crippen molar-refractivity contribution in [1.29, 1.82) is 0 Å². The molecule has 2 rings (SSSR count). The molecule has 6 nitrogen and oxygen atoms in total. The smallest absolute Gasteiger partial charge is 0.319 e. The second-order valence-corrected chi connectivity index (χ2v) is 4.67. The van der Waals surface area contributed by atoms with E-state index in [1.807, 2.05) is 19.1 Å². The Hall–Kier alpha value is -2.34. The molecule has 0 aliphatic heterocycles. The van der Waals surface area contributed by atoms with Crippen LogP contribution in [-0.4, -0.2) is 37.9 Å². The Morgan fingerprint density at radius 1 is 1.33 bits per heavy atom. The lowest BCUT2D eigenvalue weighted by Crippen LogP contribution is -2.38. The molecule has 21 heavy (non-hydrogen) atoms. The van der Waals surface area contributed by atoms with E-state index in [1.165, 1.54) is 0 Å². The number of benzene rings is 1. The van der Waals surface area contributed by atoms with Gasteiger partial charge < -0.3 is 20.1 Å². The number of carbonyl (C=O) groups is 1. The zero-order valence-corrected chi connectivity index (χ0v) is 12.3. The number of carbonyl (C=O) groups excluding carboxylic acids is 1. The van der Waals surface area contributed by atoms with E-state index in [2.05, 4.69) is 15.6 Å². The summed E-state index contributed by atoms with van der Waals surface area (Å²) in [7, 11) is 3.20. The minimum absolute atomic E-state index is 0.0764. The van der Waals surface area contributed by atoms with Gasteiger partial charge in [0.15, 0.2) is 0 Å².